The molecule has 0 fully saturated rings. The molecule has 0 saturated carbocycles. The first-order valence-electron chi connectivity index (χ1n) is 8.33. The molecule has 0 bridgehead atoms. The molecular formula is C19H18N2O5. The summed E-state index contributed by atoms with van der Waals surface area (Å²) < 4.78 is 5.21. The van der Waals surface area contributed by atoms with E-state index in [1.165, 1.54) is 30.7 Å². The summed E-state index contributed by atoms with van der Waals surface area (Å²) in [5, 5.41) is 13.4. The van der Waals surface area contributed by atoms with Crippen molar-refractivity contribution in [2.45, 2.75) is 32.3 Å². The number of anilines is 1. The van der Waals surface area contributed by atoms with E-state index in [0.29, 0.717) is 5.56 Å². The SMILES string of the molecule is C[C@H](OC(=O)c1ccc2c(c1)CCC2)C(=O)Nc1ccccc1[N+](=O)[O-]. The minimum Gasteiger partial charge on any atom is -0.449 e. The molecule has 0 aliphatic heterocycles. The molecule has 0 saturated heterocycles. The standard InChI is InChI=1S/C19H18N2O5/c1-12(18(22)20-16-7-2-3-8-17(16)21(24)25)26-19(23)15-10-9-13-5-4-6-14(13)11-15/h2-3,7-12H,4-6H2,1H3,(H,20,22)/t12-/m0/s1. The number of hydrogen-bond donors (Lipinski definition) is 1. The minimum absolute atomic E-state index is 0.0583. The molecule has 0 spiro atoms. The van der Waals surface area contributed by atoms with Gasteiger partial charge in [0.05, 0.1) is 10.5 Å². The molecular weight excluding hydrogens is 336 g/mol. The molecule has 2 aromatic carbocycles. The Labute approximate surface area is 150 Å². The van der Waals surface area contributed by atoms with Crippen LogP contribution in [0.15, 0.2) is 42.5 Å². The fourth-order valence-electron chi connectivity index (χ4n) is 2.95. The molecule has 0 heterocycles. The lowest BCUT2D eigenvalue weighted by Crippen LogP contribution is -2.30. The van der Waals surface area contributed by atoms with E-state index in [2.05, 4.69) is 5.32 Å². The van der Waals surface area contributed by atoms with Crippen molar-refractivity contribution in [3.05, 3.63) is 69.3 Å². The van der Waals surface area contributed by atoms with Gasteiger partial charge in [0.1, 0.15) is 5.69 Å². The number of amides is 1. The molecule has 0 unspecified atom stereocenters. The van der Waals surface area contributed by atoms with Crippen molar-refractivity contribution in [1.29, 1.82) is 0 Å². The number of nitro groups is 1. The highest BCUT2D eigenvalue weighted by molar-refractivity contribution is 5.98. The highest BCUT2D eigenvalue weighted by Crippen LogP contribution is 2.24. The van der Waals surface area contributed by atoms with E-state index in [0.717, 1.165) is 24.8 Å². The van der Waals surface area contributed by atoms with Crippen molar-refractivity contribution in [3.8, 4) is 0 Å². The van der Waals surface area contributed by atoms with Crippen LogP contribution in [0.1, 0.15) is 34.8 Å². The largest absolute Gasteiger partial charge is 0.449 e. The second-order valence-electron chi connectivity index (χ2n) is 6.15. The summed E-state index contributed by atoms with van der Waals surface area (Å²) in [5.74, 6) is -1.22. The van der Waals surface area contributed by atoms with Gasteiger partial charge >= 0.3 is 5.97 Å². The Morgan fingerprint density at radius 2 is 1.88 bits per heavy atom. The summed E-state index contributed by atoms with van der Waals surface area (Å²) in [5.41, 5.74) is 2.61. The van der Waals surface area contributed by atoms with E-state index in [-0.39, 0.29) is 11.4 Å². The molecule has 134 valence electrons. The van der Waals surface area contributed by atoms with Crippen LogP contribution >= 0.6 is 0 Å². The van der Waals surface area contributed by atoms with Gasteiger partial charge in [-0.3, -0.25) is 14.9 Å². The molecule has 1 amide bonds. The maximum atomic E-state index is 12.3. The lowest BCUT2D eigenvalue weighted by molar-refractivity contribution is -0.383. The smallest absolute Gasteiger partial charge is 0.338 e. The van der Waals surface area contributed by atoms with Gasteiger partial charge in [-0.2, -0.15) is 0 Å². The lowest BCUT2D eigenvalue weighted by atomic mass is 10.1. The number of para-hydroxylation sites is 2. The van der Waals surface area contributed by atoms with E-state index >= 15 is 0 Å². The molecule has 0 aromatic heterocycles. The number of ether oxygens (including phenoxy) is 1. The summed E-state index contributed by atoms with van der Waals surface area (Å²) in [6.45, 7) is 1.43. The Kier molecular flexibility index (Phi) is 4.97. The van der Waals surface area contributed by atoms with Crippen LogP contribution in [0, 0.1) is 10.1 Å². The number of rotatable bonds is 5. The maximum absolute atomic E-state index is 12.3. The van der Waals surface area contributed by atoms with Gasteiger partial charge in [0.25, 0.3) is 11.6 Å². The van der Waals surface area contributed by atoms with E-state index in [9.17, 15) is 19.7 Å². The Hall–Kier alpha value is -3.22. The fraction of sp³-hybridized carbons (Fsp3) is 0.263. The Morgan fingerprint density at radius 1 is 1.15 bits per heavy atom. The first-order valence-corrected chi connectivity index (χ1v) is 8.33. The summed E-state index contributed by atoms with van der Waals surface area (Å²) >= 11 is 0. The average molecular weight is 354 g/mol. The Bertz CT molecular complexity index is 878. The van der Waals surface area contributed by atoms with Crippen LogP contribution in [-0.4, -0.2) is 22.9 Å². The maximum Gasteiger partial charge on any atom is 0.338 e. The van der Waals surface area contributed by atoms with Crippen LogP contribution in [0.3, 0.4) is 0 Å². The van der Waals surface area contributed by atoms with Crippen LogP contribution in [0.2, 0.25) is 0 Å². The predicted molar refractivity (Wildman–Crippen MR) is 95.1 cm³/mol. The third kappa shape index (κ3) is 3.72. The number of esters is 1. The van der Waals surface area contributed by atoms with E-state index < -0.39 is 22.9 Å². The summed E-state index contributed by atoms with van der Waals surface area (Å²) in [6.07, 6.45) is 1.93. The molecule has 1 aliphatic carbocycles. The average Bonchev–Trinajstić information content (AvgIpc) is 3.09. The van der Waals surface area contributed by atoms with Gasteiger partial charge in [0.15, 0.2) is 6.10 Å². The third-order valence-electron chi connectivity index (χ3n) is 4.35. The zero-order chi connectivity index (χ0) is 18.7. The fourth-order valence-corrected chi connectivity index (χ4v) is 2.95. The molecule has 1 N–H and O–H groups in total. The van der Waals surface area contributed by atoms with Crippen molar-refractivity contribution in [2.24, 2.45) is 0 Å². The van der Waals surface area contributed by atoms with Gasteiger partial charge in [-0.05, 0) is 55.5 Å². The third-order valence-corrected chi connectivity index (χ3v) is 4.35. The normalized spacial score (nSPS) is 13.6. The summed E-state index contributed by atoms with van der Waals surface area (Å²) in [7, 11) is 0. The number of nitrogens with zero attached hydrogens (tertiary/aromatic N) is 1. The molecule has 7 nitrogen and oxygen atoms in total. The molecule has 7 heteroatoms. The predicted octanol–water partition coefficient (Wildman–Crippen LogP) is 3.27. The highest BCUT2D eigenvalue weighted by Gasteiger charge is 2.23. The van der Waals surface area contributed by atoms with Gasteiger partial charge in [-0.15, -0.1) is 0 Å². The van der Waals surface area contributed by atoms with Crippen molar-refractivity contribution in [1.82, 2.24) is 0 Å². The molecule has 0 radical (unpaired) electrons. The van der Waals surface area contributed by atoms with Crippen LogP contribution in [-0.2, 0) is 22.4 Å². The highest BCUT2D eigenvalue weighted by atomic mass is 16.6. The van der Waals surface area contributed by atoms with Crippen LogP contribution in [0.5, 0.6) is 0 Å². The van der Waals surface area contributed by atoms with E-state index in [1.54, 1.807) is 18.2 Å². The molecule has 1 atom stereocenters. The molecule has 3 rings (SSSR count). The minimum atomic E-state index is -1.09. The number of carbonyl (C=O) groups excluding carboxylic acids is 2. The van der Waals surface area contributed by atoms with E-state index in [1.807, 2.05) is 6.07 Å². The van der Waals surface area contributed by atoms with Crippen LogP contribution < -0.4 is 5.32 Å². The first-order chi connectivity index (χ1) is 12.5. The quantitative estimate of drug-likeness (QED) is 0.505. The first kappa shape index (κ1) is 17.6. The van der Waals surface area contributed by atoms with Gasteiger partial charge in [0, 0.05) is 6.07 Å². The Balaban J connectivity index is 1.66. The van der Waals surface area contributed by atoms with Crippen molar-refractivity contribution in [3.63, 3.8) is 0 Å². The number of fused-ring (bicyclic) bond motifs is 1. The lowest BCUT2D eigenvalue weighted by Gasteiger charge is -2.14. The monoisotopic (exact) mass is 354 g/mol. The van der Waals surface area contributed by atoms with Crippen molar-refractivity contribution < 1.29 is 19.2 Å². The molecule has 1 aliphatic rings. The molecule has 26 heavy (non-hydrogen) atoms. The summed E-state index contributed by atoms with van der Waals surface area (Å²) in [6, 6.07) is 11.2. The summed E-state index contributed by atoms with van der Waals surface area (Å²) in [4.78, 5) is 34.9. The number of benzene rings is 2. The van der Waals surface area contributed by atoms with Gasteiger partial charge < -0.3 is 10.1 Å². The number of nitro benzene ring substituents is 1. The van der Waals surface area contributed by atoms with Gasteiger partial charge in [-0.1, -0.05) is 18.2 Å². The second-order valence-corrected chi connectivity index (χ2v) is 6.15. The van der Waals surface area contributed by atoms with Crippen LogP contribution in [0.25, 0.3) is 0 Å². The zero-order valence-electron chi connectivity index (χ0n) is 14.2. The van der Waals surface area contributed by atoms with Crippen molar-refractivity contribution >= 4 is 23.3 Å². The number of nitrogens with one attached hydrogen (secondary N) is 1. The molecule has 2 aromatic rings. The van der Waals surface area contributed by atoms with E-state index in [4.69, 9.17) is 4.74 Å². The zero-order valence-corrected chi connectivity index (χ0v) is 14.2. The van der Waals surface area contributed by atoms with Gasteiger partial charge in [0.2, 0.25) is 0 Å². The number of carbonyl (C=O) groups is 2. The topological polar surface area (TPSA) is 98.5 Å². The number of aryl methyl sites for hydroxylation is 2. The number of hydrogen-bond acceptors (Lipinski definition) is 5. The van der Waals surface area contributed by atoms with Crippen LogP contribution in [0.4, 0.5) is 11.4 Å². The Morgan fingerprint density at radius 3 is 2.65 bits per heavy atom. The van der Waals surface area contributed by atoms with Crippen molar-refractivity contribution in [2.75, 3.05) is 5.32 Å². The van der Waals surface area contributed by atoms with Gasteiger partial charge in [-0.25, -0.2) is 4.79 Å². The second kappa shape index (κ2) is 7.35.